The highest BCUT2D eigenvalue weighted by atomic mass is 16.6. The molecule has 5 nitrogen and oxygen atoms in total. The third kappa shape index (κ3) is 3.99. The fourth-order valence-corrected chi connectivity index (χ4v) is 2.65. The summed E-state index contributed by atoms with van der Waals surface area (Å²) >= 11 is 0. The van der Waals surface area contributed by atoms with Crippen molar-refractivity contribution in [3.8, 4) is 17.2 Å². The minimum absolute atomic E-state index is 0.0150. The van der Waals surface area contributed by atoms with Gasteiger partial charge in [-0.25, -0.2) is 0 Å². The zero-order valence-corrected chi connectivity index (χ0v) is 13.1. The average Bonchev–Trinajstić information content (AvgIpc) is 2.68. The number of morpholine rings is 1. The molecule has 0 unspecified atom stereocenters. The van der Waals surface area contributed by atoms with Gasteiger partial charge in [0.25, 0.3) is 0 Å². The molecule has 0 amide bonds. The lowest BCUT2D eigenvalue weighted by Crippen LogP contribution is -2.43. The van der Waals surface area contributed by atoms with Gasteiger partial charge < -0.3 is 24.6 Å². The number of nitrogens with one attached hydrogen (secondary N) is 1. The normalized spacial score (nSPS) is 23.0. The van der Waals surface area contributed by atoms with Crippen molar-refractivity contribution in [2.45, 2.75) is 19.1 Å². The first-order valence-electron chi connectivity index (χ1n) is 10.2. The van der Waals surface area contributed by atoms with Crippen LogP contribution in [0.3, 0.4) is 0 Å². The van der Waals surface area contributed by atoms with Crippen molar-refractivity contribution in [2.75, 3.05) is 26.3 Å². The van der Waals surface area contributed by atoms with Crippen LogP contribution < -0.4 is 14.8 Å². The highest BCUT2D eigenvalue weighted by molar-refractivity contribution is 5.45. The van der Waals surface area contributed by atoms with Crippen LogP contribution in [0.25, 0.3) is 0 Å². The van der Waals surface area contributed by atoms with Crippen molar-refractivity contribution >= 4 is 0 Å². The summed E-state index contributed by atoms with van der Waals surface area (Å²) in [5.41, 5.74) is 0.814. The molecule has 1 saturated heterocycles. The molecule has 0 bridgehead atoms. The molecular weight excluding hydrogens is 306 g/mol. The number of aromatic hydroxyl groups is 1. The number of phenolic OH excluding ortho intramolecular Hbond substituents is 1. The minimum atomic E-state index is -3.00. The van der Waals surface area contributed by atoms with Gasteiger partial charge in [-0.3, -0.25) is 0 Å². The second-order valence-corrected chi connectivity index (χ2v) is 5.40. The van der Waals surface area contributed by atoms with Crippen LogP contribution in [0, 0.1) is 0 Å². The zero-order valence-electron chi connectivity index (χ0n) is 18.1. The van der Waals surface area contributed by atoms with E-state index in [1.165, 1.54) is 18.2 Å². The van der Waals surface area contributed by atoms with E-state index in [0.717, 1.165) is 12.1 Å². The summed E-state index contributed by atoms with van der Waals surface area (Å²) in [6.45, 7) is -4.19. The first kappa shape index (κ1) is 11.3. The smallest absolute Gasteiger partial charge is 0.165 e. The lowest BCUT2D eigenvalue weighted by atomic mass is 10.0. The Labute approximate surface area is 149 Å². The third-order valence-corrected chi connectivity index (χ3v) is 3.76. The Morgan fingerprint density at radius 3 is 2.96 bits per heavy atom. The highest BCUT2D eigenvalue weighted by Gasteiger charge is 2.28. The van der Waals surface area contributed by atoms with Crippen LogP contribution in [0.1, 0.15) is 25.4 Å². The van der Waals surface area contributed by atoms with E-state index >= 15 is 0 Å². The van der Waals surface area contributed by atoms with Crippen LogP contribution in [0.2, 0.25) is 0 Å². The van der Waals surface area contributed by atoms with Gasteiger partial charge in [0.1, 0.15) is 11.9 Å². The van der Waals surface area contributed by atoms with Crippen LogP contribution in [0.4, 0.5) is 0 Å². The van der Waals surface area contributed by atoms with Crippen LogP contribution >= 0.6 is 0 Å². The molecule has 1 aliphatic heterocycles. The minimum Gasteiger partial charge on any atom is -0.508 e. The fourth-order valence-electron chi connectivity index (χ4n) is 2.65. The molecule has 24 heavy (non-hydrogen) atoms. The van der Waals surface area contributed by atoms with Crippen LogP contribution in [-0.2, 0) is 4.74 Å². The molecule has 0 aromatic heterocycles. The van der Waals surface area contributed by atoms with E-state index in [-0.39, 0.29) is 23.4 Å². The summed E-state index contributed by atoms with van der Waals surface area (Å²) in [5.74, 6) is -0.244. The summed E-state index contributed by atoms with van der Waals surface area (Å²) in [4.78, 5) is 0. The lowest BCUT2D eigenvalue weighted by molar-refractivity contribution is -0.0439. The zero-order chi connectivity index (χ0) is 21.1. The molecule has 2 N–H and O–H groups in total. The second kappa shape index (κ2) is 8.04. The summed E-state index contributed by atoms with van der Waals surface area (Å²) < 4.78 is 54.6. The Morgan fingerprint density at radius 1 is 1.33 bits per heavy atom. The maximum absolute atomic E-state index is 9.91. The summed E-state index contributed by atoms with van der Waals surface area (Å²) in [7, 11) is 0. The molecule has 2 aromatic carbocycles. The molecule has 0 radical (unpaired) electrons. The molecule has 128 valence electrons. The summed E-state index contributed by atoms with van der Waals surface area (Å²) in [6, 6.07) is 13.1. The van der Waals surface area contributed by atoms with E-state index in [2.05, 4.69) is 5.32 Å². The number of hydrogen-bond donors (Lipinski definition) is 2. The number of hydrogen-bond acceptors (Lipinski definition) is 5. The van der Waals surface area contributed by atoms with Crippen molar-refractivity contribution in [3.63, 3.8) is 0 Å². The molecule has 1 heterocycles. The van der Waals surface area contributed by atoms with E-state index < -0.39 is 19.5 Å². The van der Waals surface area contributed by atoms with Gasteiger partial charge in [-0.05, 0) is 24.5 Å². The molecule has 2 aromatic rings. The van der Waals surface area contributed by atoms with E-state index in [9.17, 15) is 5.11 Å². The van der Waals surface area contributed by atoms with Gasteiger partial charge in [0.15, 0.2) is 17.6 Å². The number of ether oxygens (including phenoxy) is 3. The predicted octanol–water partition coefficient (Wildman–Crippen LogP) is 2.90. The maximum atomic E-state index is 9.91. The fraction of sp³-hybridized carbons (Fsp3) is 0.368. The van der Waals surface area contributed by atoms with E-state index in [4.69, 9.17) is 21.1 Å². The van der Waals surface area contributed by atoms with Gasteiger partial charge in [0.2, 0.25) is 0 Å². The van der Waals surface area contributed by atoms with Crippen molar-refractivity contribution < 1.29 is 26.2 Å². The van der Waals surface area contributed by atoms with Crippen LogP contribution in [-0.4, -0.2) is 37.5 Å². The van der Waals surface area contributed by atoms with Crippen molar-refractivity contribution in [1.29, 1.82) is 0 Å². The first-order chi connectivity index (χ1) is 13.7. The van der Waals surface area contributed by atoms with Crippen molar-refractivity contribution in [3.05, 3.63) is 54.1 Å². The maximum Gasteiger partial charge on any atom is 0.165 e. The lowest BCUT2D eigenvalue weighted by Gasteiger charge is -2.32. The molecule has 2 atom stereocenters. The monoisotopic (exact) mass is 334 g/mol. The van der Waals surface area contributed by atoms with Gasteiger partial charge in [-0.1, -0.05) is 30.3 Å². The van der Waals surface area contributed by atoms with Crippen LogP contribution in [0.5, 0.6) is 17.2 Å². The Hall–Kier alpha value is -2.24. The topological polar surface area (TPSA) is 60.0 Å². The molecular formula is C19H23NO4. The summed E-state index contributed by atoms with van der Waals surface area (Å²) in [6.07, 6.45) is -0.937. The van der Waals surface area contributed by atoms with Crippen molar-refractivity contribution in [1.82, 2.24) is 5.32 Å². The number of rotatable bonds is 6. The molecule has 1 aliphatic rings. The second-order valence-electron chi connectivity index (χ2n) is 5.40. The Morgan fingerprint density at radius 2 is 2.21 bits per heavy atom. The van der Waals surface area contributed by atoms with Crippen LogP contribution in [0.15, 0.2) is 48.5 Å². The van der Waals surface area contributed by atoms with Gasteiger partial charge in [-0.15, -0.1) is 0 Å². The largest absolute Gasteiger partial charge is 0.508 e. The van der Waals surface area contributed by atoms with Gasteiger partial charge in [0, 0.05) is 23.3 Å². The molecule has 5 heteroatoms. The van der Waals surface area contributed by atoms with Crippen molar-refractivity contribution in [2.24, 2.45) is 0 Å². The SMILES string of the molecule is [2H]C([2H])([2H])C([2H])([2H])Oc1ccc(O)cc1O[C@@H](c1ccccc1)[C@@H]1CNCCO1. The molecule has 0 aliphatic carbocycles. The van der Waals surface area contributed by atoms with E-state index in [1.807, 2.05) is 30.3 Å². The number of phenols is 1. The standard InChI is InChI=1S/C19H23NO4/c1-2-22-16-9-8-15(21)12-17(16)24-19(14-6-4-3-5-7-14)18-13-20-10-11-23-18/h3-9,12,18-21H,2,10-11,13H2,1H3/t18-,19-/m0/s1/i1D3,2D2. The van der Waals surface area contributed by atoms with E-state index in [1.54, 1.807) is 0 Å². The predicted molar refractivity (Wildman–Crippen MR) is 91.7 cm³/mol. The highest BCUT2D eigenvalue weighted by Crippen LogP contribution is 2.36. The van der Waals surface area contributed by atoms with Gasteiger partial charge in [-0.2, -0.15) is 0 Å². The Kier molecular flexibility index (Phi) is 3.80. The van der Waals surface area contributed by atoms with Gasteiger partial charge in [0.05, 0.1) is 15.9 Å². The van der Waals surface area contributed by atoms with Gasteiger partial charge >= 0.3 is 0 Å². The third-order valence-electron chi connectivity index (χ3n) is 3.76. The Bertz CT molecular complexity index is 810. The Balaban J connectivity index is 1.94. The molecule has 0 spiro atoms. The molecule has 3 rings (SSSR count). The first-order valence-corrected chi connectivity index (χ1v) is 7.73. The van der Waals surface area contributed by atoms with E-state index in [0.29, 0.717) is 13.2 Å². The summed E-state index contributed by atoms with van der Waals surface area (Å²) in [5, 5.41) is 13.1. The number of benzene rings is 2. The quantitative estimate of drug-likeness (QED) is 0.851. The molecule has 1 fully saturated rings. The molecule has 0 saturated carbocycles. The average molecular weight is 334 g/mol.